The SMILES string of the molecule is CC(=O)N1CCC(NCc2cccnc2N(C)C)c2ccc(F)cc2C1. The average Bonchev–Trinajstić information content (AvgIpc) is 2.79. The van der Waals surface area contributed by atoms with Crippen molar-refractivity contribution in [3.63, 3.8) is 0 Å². The van der Waals surface area contributed by atoms with Crippen molar-refractivity contribution in [2.75, 3.05) is 25.5 Å². The Morgan fingerprint density at radius 3 is 2.92 bits per heavy atom. The molecule has 1 N–H and O–H groups in total. The quantitative estimate of drug-likeness (QED) is 0.915. The van der Waals surface area contributed by atoms with Gasteiger partial charge < -0.3 is 15.1 Å². The van der Waals surface area contributed by atoms with Gasteiger partial charge in [0.2, 0.25) is 5.91 Å². The number of hydrogen-bond acceptors (Lipinski definition) is 4. The molecule has 1 aliphatic rings. The molecule has 0 bridgehead atoms. The van der Waals surface area contributed by atoms with E-state index >= 15 is 0 Å². The first kappa shape index (κ1) is 18.3. The smallest absolute Gasteiger partial charge is 0.219 e. The number of amides is 1. The van der Waals surface area contributed by atoms with Gasteiger partial charge in [-0.1, -0.05) is 12.1 Å². The Morgan fingerprint density at radius 1 is 1.38 bits per heavy atom. The maximum absolute atomic E-state index is 13.7. The van der Waals surface area contributed by atoms with Crippen molar-refractivity contribution in [3.8, 4) is 0 Å². The molecule has 2 aromatic rings. The summed E-state index contributed by atoms with van der Waals surface area (Å²) in [4.78, 5) is 20.0. The molecule has 1 aromatic carbocycles. The van der Waals surface area contributed by atoms with Crippen LogP contribution in [0.4, 0.5) is 10.2 Å². The molecule has 0 fully saturated rings. The maximum atomic E-state index is 13.7. The van der Waals surface area contributed by atoms with E-state index in [1.807, 2.05) is 31.1 Å². The van der Waals surface area contributed by atoms with Crippen molar-refractivity contribution in [2.45, 2.75) is 32.5 Å². The van der Waals surface area contributed by atoms with Crippen molar-refractivity contribution < 1.29 is 9.18 Å². The third-order valence-corrected chi connectivity index (χ3v) is 4.80. The Kier molecular flexibility index (Phi) is 5.52. The van der Waals surface area contributed by atoms with Gasteiger partial charge in [0.25, 0.3) is 0 Å². The first-order valence-corrected chi connectivity index (χ1v) is 8.84. The van der Waals surface area contributed by atoms with Crippen LogP contribution in [0.2, 0.25) is 0 Å². The number of nitrogens with one attached hydrogen (secondary N) is 1. The van der Waals surface area contributed by atoms with Gasteiger partial charge in [0.15, 0.2) is 0 Å². The molecule has 1 atom stereocenters. The third-order valence-electron chi connectivity index (χ3n) is 4.80. The predicted octanol–water partition coefficient (Wildman–Crippen LogP) is 2.87. The zero-order valence-electron chi connectivity index (χ0n) is 15.5. The summed E-state index contributed by atoms with van der Waals surface area (Å²) in [5.74, 6) is 0.677. The number of aromatic nitrogens is 1. The molecule has 1 aromatic heterocycles. The molecule has 0 aliphatic carbocycles. The Morgan fingerprint density at radius 2 is 2.19 bits per heavy atom. The molecule has 0 saturated heterocycles. The van der Waals surface area contributed by atoms with Gasteiger partial charge >= 0.3 is 0 Å². The average molecular weight is 356 g/mol. The van der Waals surface area contributed by atoms with Crippen LogP contribution < -0.4 is 10.2 Å². The number of fused-ring (bicyclic) bond motifs is 1. The van der Waals surface area contributed by atoms with Gasteiger partial charge in [-0.15, -0.1) is 0 Å². The van der Waals surface area contributed by atoms with Crippen LogP contribution in [0.25, 0.3) is 0 Å². The Bertz CT molecular complexity index is 793. The molecule has 26 heavy (non-hydrogen) atoms. The zero-order valence-corrected chi connectivity index (χ0v) is 15.5. The molecule has 1 unspecified atom stereocenters. The van der Waals surface area contributed by atoms with Crippen LogP contribution in [0.15, 0.2) is 36.5 Å². The number of benzene rings is 1. The topological polar surface area (TPSA) is 48.5 Å². The Hall–Kier alpha value is -2.47. The van der Waals surface area contributed by atoms with Gasteiger partial charge in [0, 0.05) is 58.5 Å². The van der Waals surface area contributed by atoms with Crippen LogP contribution in [0.1, 0.15) is 36.1 Å². The highest BCUT2D eigenvalue weighted by Gasteiger charge is 2.24. The van der Waals surface area contributed by atoms with Crippen LogP contribution in [0.3, 0.4) is 0 Å². The van der Waals surface area contributed by atoms with E-state index in [0.29, 0.717) is 19.6 Å². The predicted molar refractivity (Wildman–Crippen MR) is 100 cm³/mol. The van der Waals surface area contributed by atoms with Gasteiger partial charge in [-0.25, -0.2) is 9.37 Å². The van der Waals surface area contributed by atoms with Crippen LogP contribution >= 0.6 is 0 Å². The molecule has 6 heteroatoms. The fraction of sp³-hybridized carbons (Fsp3) is 0.400. The van der Waals surface area contributed by atoms with Gasteiger partial charge in [-0.05, 0) is 35.7 Å². The molecule has 0 spiro atoms. The highest BCUT2D eigenvalue weighted by molar-refractivity contribution is 5.73. The van der Waals surface area contributed by atoms with Gasteiger partial charge in [0.1, 0.15) is 11.6 Å². The first-order chi connectivity index (χ1) is 12.5. The van der Waals surface area contributed by atoms with Gasteiger partial charge in [-0.2, -0.15) is 0 Å². The van der Waals surface area contributed by atoms with E-state index in [4.69, 9.17) is 0 Å². The number of halogens is 1. The summed E-state index contributed by atoms with van der Waals surface area (Å²) in [5, 5.41) is 3.58. The molecule has 0 saturated carbocycles. The number of hydrogen-bond donors (Lipinski definition) is 1. The minimum Gasteiger partial charge on any atom is -0.362 e. The maximum Gasteiger partial charge on any atom is 0.219 e. The van der Waals surface area contributed by atoms with Crippen LogP contribution in [-0.2, 0) is 17.9 Å². The Labute approximate surface area is 153 Å². The molecule has 0 radical (unpaired) electrons. The number of carbonyl (C=O) groups is 1. The largest absolute Gasteiger partial charge is 0.362 e. The lowest BCUT2D eigenvalue weighted by Gasteiger charge is -2.21. The summed E-state index contributed by atoms with van der Waals surface area (Å²) in [7, 11) is 3.95. The first-order valence-electron chi connectivity index (χ1n) is 8.84. The summed E-state index contributed by atoms with van der Waals surface area (Å²) < 4.78 is 13.7. The highest BCUT2D eigenvalue weighted by Crippen LogP contribution is 2.28. The number of carbonyl (C=O) groups excluding carboxylic acids is 1. The summed E-state index contributed by atoms with van der Waals surface area (Å²) in [5.41, 5.74) is 3.04. The summed E-state index contributed by atoms with van der Waals surface area (Å²) in [6, 6.07) is 8.91. The van der Waals surface area contributed by atoms with E-state index in [1.54, 1.807) is 24.1 Å². The summed E-state index contributed by atoms with van der Waals surface area (Å²) in [6.07, 6.45) is 2.57. The lowest BCUT2D eigenvalue weighted by Crippen LogP contribution is -2.29. The zero-order chi connectivity index (χ0) is 18.7. The molecule has 5 nitrogen and oxygen atoms in total. The standard InChI is InChI=1S/C20H25FN4O/c1-14(26)25-10-8-19(18-7-6-17(21)11-16(18)13-25)23-12-15-5-4-9-22-20(15)24(2)3/h4-7,9,11,19,23H,8,10,12-13H2,1-3H3. The van der Waals surface area contributed by atoms with E-state index in [-0.39, 0.29) is 17.8 Å². The molecular weight excluding hydrogens is 331 g/mol. The fourth-order valence-corrected chi connectivity index (χ4v) is 3.46. The molecule has 2 heterocycles. The van der Waals surface area contributed by atoms with E-state index in [2.05, 4.69) is 16.4 Å². The van der Waals surface area contributed by atoms with Crippen LogP contribution in [-0.4, -0.2) is 36.4 Å². The van der Waals surface area contributed by atoms with Gasteiger partial charge in [-0.3, -0.25) is 4.79 Å². The second-order valence-corrected chi connectivity index (χ2v) is 6.89. The van der Waals surface area contributed by atoms with Crippen LogP contribution in [0.5, 0.6) is 0 Å². The highest BCUT2D eigenvalue weighted by atomic mass is 19.1. The van der Waals surface area contributed by atoms with E-state index < -0.39 is 0 Å². The number of anilines is 1. The van der Waals surface area contributed by atoms with Crippen molar-refractivity contribution >= 4 is 11.7 Å². The molecule has 1 amide bonds. The molecule has 138 valence electrons. The molecular formula is C20H25FN4O. The monoisotopic (exact) mass is 356 g/mol. The summed E-state index contributed by atoms with van der Waals surface area (Å²) >= 11 is 0. The van der Waals surface area contributed by atoms with E-state index in [9.17, 15) is 9.18 Å². The summed E-state index contributed by atoms with van der Waals surface area (Å²) in [6.45, 7) is 3.32. The van der Waals surface area contributed by atoms with Crippen molar-refractivity contribution in [1.29, 1.82) is 0 Å². The second kappa shape index (κ2) is 7.83. The lowest BCUT2D eigenvalue weighted by molar-refractivity contribution is -0.129. The minimum absolute atomic E-state index is 0.0167. The number of pyridine rings is 1. The van der Waals surface area contributed by atoms with E-state index in [0.717, 1.165) is 28.9 Å². The van der Waals surface area contributed by atoms with Crippen molar-refractivity contribution in [3.05, 3.63) is 59.0 Å². The van der Waals surface area contributed by atoms with E-state index in [1.165, 1.54) is 6.07 Å². The van der Waals surface area contributed by atoms with Crippen LogP contribution in [0, 0.1) is 5.82 Å². The minimum atomic E-state index is -0.268. The lowest BCUT2D eigenvalue weighted by atomic mass is 9.99. The molecule has 1 aliphatic heterocycles. The normalized spacial score (nSPS) is 16.8. The fourth-order valence-electron chi connectivity index (χ4n) is 3.46. The second-order valence-electron chi connectivity index (χ2n) is 6.89. The van der Waals surface area contributed by atoms with Crippen molar-refractivity contribution in [2.24, 2.45) is 0 Å². The van der Waals surface area contributed by atoms with Crippen molar-refractivity contribution in [1.82, 2.24) is 15.2 Å². The number of nitrogens with zero attached hydrogens (tertiary/aromatic N) is 3. The number of rotatable bonds is 4. The van der Waals surface area contributed by atoms with Gasteiger partial charge in [0.05, 0.1) is 0 Å². The Balaban J connectivity index is 1.83. The molecule has 3 rings (SSSR count). The third kappa shape index (κ3) is 4.02.